The van der Waals surface area contributed by atoms with Crippen LogP contribution in [0.15, 0.2) is 29.2 Å². The van der Waals surface area contributed by atoms with Crippen molar-refractivity contribution in [3.63, 3.8) is 0 Å². The first-order chi connectivity index (χ1) is 15.7. The Labute approximate surface area is 204 Å². The SMILES string of the molecule is CN[C@@H](C)C(=O)N[C@H]1CCS[C@H]2CC(C)(C)[C@@H](C(=O)N[C@@H]3CCSc4ccccc43)N2C1=O. The molecule has 3 amide bonds. The summed E-state index contributed by atoms with van der Waals surface area (Å²) < 4.78 is 0. The van der Waals surface area contributed by atoms with Crippen LogP contribution in [0.4, 0.5) is 0 Å². The molecule has 5 atom stereocenters. The van der Waals surface area contributed by atoms with Crippen molar-refractivity contribution in [2.45, 2.75) is 74.5 Å². The molecule has 4 rings (SSSR count). The molecular weight excluding hydrogens is 456 g/mol. The number of hydrogen-bond donors (Lipinski definition) is 3. The molecule has 3 aliphatic rings. The summed E-state index contributed by atoms with van der Waals surface area (Å²) in [5, 5.41) is 9.05. The zero-order chi connectivity index (χ0) is 23.8. The summed E-state index contributed by atoms with van der Waals surface area (Å²) in [5.41, 5.74) is 0.794. The molecule has 0 saturated carbocycles. The minimum atomic E-state index is -0.609. The maximum absolute atomic E-state index is 13.7. The topological polar surface area (TPSA) is 90.5 Å². The van der Waals surface area contributed by atoms with Gasteiger partial charge in [-0.15, -0.1) is 23.5 Å². The van der Waals surface area contributed by atoms with Crippen LogP contribution in [0.2, 0.25) is 0 Å². The number of likely N-dealkylation sites (N-methyl/N-ethyl adjacent to an activating group) is 1. The van der Waals surface area contributed by atoms with E-state index in [2.05, 4.69) is 41.9 Å². The van der Waals surface area contributed by atoms with Gasteiger partial charge < -0.3 is 20.9 Å². The monoisotopic (exact) mass is 490 g/mol. The first-order valence-electron chi connectivity index (χ1n) is 11.7. The Kier molecular flexibility index (Phi) is 7.31. The van der Waals surface area contributed by atoms with Crippen LogP contribution >= 0.6 is 23.5 Å². The van der Waals surface area contributed by atoms with E-state index in [9.17, 15) is 14.4 Å². The van der Waals surface area contributed by atoms with Gasteiger partial charge >= 0.3 is 0 Å². The van der Waals surface area contributed by atoms with Crippen LogP contribution in [0.5, 0.6) is 0 Å². The molecule has 1 aromatic rings. The molecule has 0 bridgehead atoms. The van der Waals surface area contributed by atoms with Gasteiger partial charge in [0.05, 0.1) is 17.5 Å². The highest BCUT2D eigenvalue weighted by Gasteiger charge is 2.54. The second kappa shape index (κ2) is 9.88. The second-order valence-corrected chi connectivity index (χ2v) is 12.2. The van der Waals surface area contributed by atoms with Gasteiger partial charge in [0.25, 0.3) is 0 Å². The lowest BCUT2D eigenvalue weighted by Crippen LogP contribution is -2.58. The average Bonchev–Trinajstić information content (AvgIpc) is 2.99. The molecule has 1 aromatic carbocycles. The second-order valence-electron chi connectivity index (χ2n) is 9.76. The Morgan fingerprint density at radius 2 is 1.85 bits per heavy atom. The number of rotatable bonds is 5. The fourth-order valence-electron chi connectivity index (χ4n) is 5.02. The fraction of sp³-hybridized carbons (Fsp3) is 0.625. The van der Waals surface area contributed by atoms with E-state index in [1.807, 2.05) is 23.9 Å². The van der Waals surface area contributed by atoms with Gasteiger partial charge in [0.15, 0.2) is 0 Å². The van der Waals surface area contributed by atoms with Crippen LogP contribution in [0.25, 0.3) is 0 Å². The number of nitrogens with one attached hydrogen (secondary N) is 3. The molecule has 9 heteroatoms. The van der Waals surface area contributed by atoms with Crippen LogP contribution in [0, 0.1) is 5.41 Å². The van der Waals surface area contributed by atoms with E-state index >= 15 is 0 Å². The van der Waals surface area contributed by atoms with Crippen molar-refractivity contribution in [2.75, 3.05) is 18.6 Å². The first kappa shape index (κ1) is 24.4. The Morgan fingerprint density at radius 3 is 2.61 bits per heavy atom. The Morgan fingerprint density at radius 1 is 1.12 bits per heavy atom. The van der Waals surface area contributed by atoms with Gasteiger partial charge in [0, 0.05) is 10.6 Å². The summed E-state index contributed by atoms with van der Waals surface area (Å²) in [6.07, 6.45) is 2.19. The largest absolute Gasteiger partial charge is 0.347 e. The van der Waals surface area contributed by atoms with E-state index in [1.54, 1.807) is 30.6 Å². The van der Waals surface area contributed by atoms with Crippen molar-refractivity contribution in [1.29, 1.82) is 0 Å². The number of amides is 3. The lowest BCUT2D eigenvalue weighted by molar-refractivity contribution is -0.144. The zero-order valence-electron chi connectivity index (χ0n) is 19.7. The van der Waals surface area contributed by atoms with Crippen LogP contribution in [-0.2, 0) is 14.4 Å². The number of hydrogen-bond acceptors (Lipinski definition) is 6. The summed E-state index contributed by atoms with van der Waals surface area (Å²) in [4.78, 5) is 42.8. The van der Waals surface area contributed by atoms with Crippen LogP contribution in [0.1, 0.15) is 51.6 Å². The lowest BCUT2D eigenvalue weighted by Gasteiger charge is -2.36. The summed E-state index contributed by atoms with van der Waals surface area (Å²) in [6, 6.07) is 6.60. The predicted octanol–water partition coefficient (Wildman–Crippen LogP) is 2.52. The Bertz CT molecular complexity index is 925. The molecule has 3 heterocycles. The first-order valence-corrected chi connectivity index (χ1v) is 13.7. The summed E-state index contributed by atoms with van der Waals surface area (Å²) >= 11 is 3.53. The number of carbonyl (C=O) groups excluding carboxylic acids is 3. The minimum Gasteiger partial charge on any atom is -0.347 e. The van der Waals surface area contributed by atoms with E-state index in [4.69, 9.17) is 0 Å². The summed E-state index contributed by atoms with van der Waals surface area (Å²) in [7, 11) is 1.72. The highest BCUT2D eigenvalue weighted by atomic mass is 32.2. The maximum Gasteiger partial charge on any atom is 0.246 e. The van der Waals surface area contributed by atoms with E-state index in [1.165, 1.54) is 4.90 Å². The van der Waals surface area contributed by atoms with Crippen molar-refractivity contribution in [3.05, 3.63) is 29.8 Å². The van der Waals surface area contributed by atoms with Crippen LogP contribution in [0.3, 0.4) is 0 Å². The molecule has 0 unspecified atom stereocenters. The van der Waals surface area contributed by atoms with E-state index in [0.29, 0.717) is 6.42 Å². The Hall–Kier alpha value is -1.71. The van der Waals surface area contributed by atoms with Gasteiger partial charge in [-0.3, -0.25) is 14.4 Å². The number of carbonyl (C=O) groups is 3. The molecule has 7 nitrogen and oxygen atoms in total. The molecule has 2 saturated heterocycles. The molecule has 33 heavy (non-hydrogen) atoms. The average molecular weight is 491 g/mol. The van der Waals surface area contributed by atoms with Gasteiger partial charge in [-0.05, 0) is 56.0 Å². The van der Waals surface area contributed by atoms with E-state index < -0.39 is 12.1 Å². The van der Waals surface area contributed by atoms with Crippen molar-refractivity contribution in [1.82, 2.24) is 20.9 Å². The number of fused-ring (bicyclic) bond motifs is 2. The Balaban J connectivity index is 1.56. The third-order valence-electron chi connectivity index (χ3n) is 6.96. The third kappa shape index (κ3) is 4.91. The number of nitrogens with zero attached hydrogens (tertiary/aromatic N) is 1. The van der Waals surface area contributed by atoms with E-state index in [0.717, 1.165) is 29.9 Å². The van der Waals surface area contributed by atoms with Gasteiger partial charge in [-0.2, -0.15) is 0 Å². The van der Waals surface area contributed by atoms with Gasteiger partial charge in [0.2, 0.25) is 17.7 Å². The minimum absolute atomic E-state index is 0.0495. The molecule has 0 spiro atoms. The van der Waals surface area contributed by atoms with E-state index in [-0.39, 0.29) is 40.6 Å². The zero-order valence-corrected chi connectivity index (χ0v) is 21.4. The molecule has 180 valence electrons. The van der Waals surface area contributed by atoms with Crippen LogP contribution < -0.4 is 16.0 Å². The quantitative estimate of drug-likeness (QED) is 0.588. The van der Waals surface area contributed by atoms with Gasteiger partial charge in [-0.1, -0.05) is 32.0 Å². The summed E-state index contributed by atoms with van der Waals surface area (Å²) in [6.45, 7) is 5.91. The molecule has 3 aliphatic heterocycles. The van der Waals surface area contributed by atoms with Crippen molar-refractivity contribution in [3.8, 4) is 0 Å². The third-order valence-corrected chi connectivity index (χ3v) is 9.34. The van der Waals surface area contributed by atoms with Crippen molar-refractivity contribution < 1.29 is 14.4 Å². The molecule has 3 N–H and O–H groups in total. The van der Waals surface area contributed by atoms with Gasteiger partial charge in [-0.25, -0.2) is 0 Å². The molecular formula is C24H34N4O3S2. The number of benzene rings is 1. The molecule has 2 fully saturated rings. The molecule has 0 aliphatic carbocycles. The van der Waals surface area contributed by atoms with Gasteiger partial charge in [0.1, 0.15) is 12.1 Å². The van der Waals surface area contributed by atoms with Crippen molar-refractivity contribution in [2.24, 2.45) is 5.41 Å². The predicted molar refractivity (Wildman–Crippen MR) is 133 cm³/mol. The standard InChI is InChI=1S/C24H34N4O3S2/c1-14(25-4)21(29)27-17-10-12-33-19-13-24(2,3)20(28(19)23(17)31)22(30)26-16-9-11-32-18-8-6-5-7-15(16)18/h5-8,14,16-17,19-20,25H,9-13H2,1-4H3,(H,26,30)(H,27,29)/t14-,16+,17-,19-,20+/m0/s1. The normalized spacial score (nSPS) is 29.5. The lowest BCUT2D eigenvalue weighted by atomic mass is 9.83. The molecule has 0 radical (unpaired) electrons. The summed E-state index contributed by atoms with van der Waals surface area (Å²) in [5.74, 6) is 1.28. The van der Waals surface area contributed by atoms with Crippen LogP contribution in [-0.4, -0.2) is 64.7 Å². The van der Waals surface area contributed by atoms with Crippen molar-refractivity contribution >= 4 is 41.2 Å². The fourth-order valence-corrected chi connectivity index (χ4v) is 7.72. The maximum atomic E-state index is 13.7. The highest BCUT2D eigenvalue weighted by molar-refractivity contribution is 8.00. The smallest absolute Gasteiger partial charge is 0.246 e. The highest BCUT2D eigenvalue weighted by Crippen LogP contribution is 2.46. The number of thioether (sulfide) groups is 2. The molecule has 0 aromatic heterocycles.